The summed E-state index contributed by atoms with van der Waals surface area (Å²) in [6.45, 7) is -10.1. The molecule has 1 aromatic carbocycles. The molecule has 1 heteroatoms. The second kappa shape index (κ2) is 2.57. The first-order valence-electron chi connectivity index (χ1n) is 7.55. The Labute approximate surface area is 80.3 Å². The van der Waals surface area contributed by atoms with E-state index >= 15 is 0 Å². The van der Waals surface area contributed by atoms with Crippen molar-refractivity contribution < 1.29 is 17.4 Å². The average molecular weight is 159 g/mol. The van der Waals surface area contributed by atoms with Crippen LogP contribution in [0.15, 0.2) is 24.3 Å². The Balaban J connectivity index is 3.88. The summed E-state index contributed by atoms with van der Waals surface area (Å²) in [4.78, 5) is 0. The van der Waals surface area contributed by atoms with Crippen LogP contribution in [0.2, 0.25) is 0 Å². The molecule has 0 bridgehead atoms. The van der Waals surface area contributed by atoms with E-state index in [0.717, 1.165) is 12.1 Å². The highest BCUT2D eigenvalue weighted by Gasteiger charge is 2.16. The molecule has 1 aromatic rings. The highest BCUT2D eigenvalue weighted by atomic mass is 16.3. The minimum Gasteiger partial charge on any atom is -0.508 e. The molecule has 0 unspecified atom stereocenters. The lowest BCUT2D eigenvalue weighted by Gasteiger charge is -2.19. The van der Waals surface area contributed by atoms with Gasteiger partial charge >= 0.3 is 0 Å². The third kappa shape index (κ3) is 1.73. The zero-order chi connectivity index (χ0) is 16.0. The fraction of sp³-hybridized carbons (Fsp3) is 0.400. The number of rotatable bonds is 0. The Hall–Kier alpha value is -0.980. The average Bonchev–Trinajstić information content (AvgIpc) is 2.14. The predicted octanol–water partition coefficient (Wildman–Crippen LogP) is 2.69. The van der Waals surface area contributed by atoms with E-state index in [2.05, 4.69) is 0 Å². The van der Waals surface area contributed by atoms with Crippen molar-refractivity contribution in [3.63, 3.8) is 0 Å². The first-order chi connectivity index (χ1) is 8.77. The molecule has 1 nitrogen and oxygen atoms in total. The van der Waals surface area contributed by atoms with Crippen LogP contribution in [-0.2, 0) is 5.41 Å². The Morgan fingerprint density at radius 3 is 2.45 bits per heavy atom. The van der Waals surface area contributed by atoms with E-state index in [4.69, 9.17) is 12.3 Å². The van der Waals surface area contributed by atoms with Crippen LogP contribution >= 0.6 is 0 Å². The zero-order valence-electron chi connectivity index (χ0n) is 14.8. The second-order valence-corrected chi connectivity index (χ2v) is 2.27. The normalized spacial score (nSPS) is 27.1. The molecule has 0 saturated heterocycles. The number of hydrogen-bond acceptors (Lipinski definition) is 1. The summed E-state index contributed by atoms with van der Waals surface area (Å²) < 4.78 is 67.4. The number of benzene rings is 1. The molecule has 0 amide bonds. The molecule has 0 fully saturated rings. The summed E-state index contributed by atoms with van der Waals surface area (Å²) in [6, 6.07) is 4.71. The fourth-order valence-corrected chi connectivity index (χ4v) is 0.791. The lowest BCUT2D eigenvalue weighted by atomic mass is 9.86. The first-order valence-corrected chi connectivity index (χ1v) is 3.05. The SMILES string of the molecule is [2H]C([2H])([2H])C(c1ccccc1O)(C([2H])([2H])[2H])C([2H])([2H])[2H]. The quantitative estimate of drug-likeness (QED) is 0.617. The van der Waals surface area contributed by atoms with Gasteiger partial charge in [0.05, 0.1) is 0 Å². The van der Waals surface area contributed by atoms with Crippen molar-refractivity contribution >= 4 is 0 Å². The van der Waals surface area contributed by atoms with Crippen LogP contribution in [-0.4, -0.2) is 5.11 Å². The van der Waals surface area contributed by atoms with Gasteiger partial charge in [0, 0.05) is 12.3 Å². The van der Waals surface area contributed by atoms with E-state index in [1.807, 2.05) is 0 Å². The summed E-state index contributed by atoms with van der Waals surface area (Å²) in [6.07, 6.45) is 0. The largest absolute Gasteiger partial charge is 0.508 e. The van der Waals surface area contributed by atoms with Gasteiger partial charge in [0.2, 0.25) is 0 Å². The van der Waals surface area contributed by atoms with Crippen LogP contribution in [0.25, 0.3) is 0 Å². The minimum atomic E-state index is -3.36. The summed E-state index contributed by atoms with van der Waals surface area (Å²) in [5, 5.41) is 9.79. The topological polar surface area (TPSA) is 20.2 Å². The van der Waals surface area contributed by atoms with Gasteiger partial charge in [-0.3, -0.25) is 0 Å². The van der Waals surface area contributed by atoms with Gasteiger partial charge in [0.15, 0.2) is 0 Å². The molecule has 0 aliphatic rings. The maximum absolute atomic E-state index is 9.79. The molecule has 1 N–H and O–H groups in total. The van der Waals surface area contributed by atoms with Crippen molar-refractivity contribution in [3.05, 3.63) is 29.8 Å². The van der Waals surface area contributed by atoms with E-state index in [0.29, 0.717) is 0 Å². The van der Waals surface area contributed by atoms with Crippen molar-refractivity contribution in [3.8, 4) is 5.75 Å². The Morgan fingerprint density at radius 1 is 1.27 bits per heavy atom. The molecule has 0 aliphatic heterocycles. The van der Waals surface area contributed by atoms with Crippen molar-refractivity contribution in [2.75, 3.05) is 0 Å². The van der Waals surface area contributed by atoms with E-state index in [1.54, 1.807) is 0 Å². The molecule has 11 heavy (non-hydrogen) atoms. The second-order valence-electron chi connectivity index (χ2n) is 2.27. The lowest BCUT2D eigenvalue weighted by Crippen LogP contribution is -2.10. The molecule has 0 spiro atoms. The molecule has 0 saturated carbocycles. The highest BCUT2D eigenvalue weighted by molar-refractivity contribution is 5.36. The zero-order valence-corrected chi connectivity index (χ0v) is 5.76. The minimum absolute atomic E-state index is 0.625. The van der Waals surface area contributed by atoms with Crippen LogP contribution in [0.3, 0.4) is 0 Å². The summed E-state index contributed by atoms with van der Waals surface area (Å²) in [5.41, 5.74) is -3.78. The van der Waals surface area contributed by atoms with Crippen LogP contribution < -0.4 is 0 Å². The molecule has 1 rings (SSSR count). The van der Waals surface area contributed by atoms with E-state index < -0.39 is 37.3 Å². The van der Waals surface area contributed by atoms with Crippen molar-refractivity contribution in [1.29, 1.82) is 0 Å². The number of aromatic hydroxyl groups is 1. The summed E-state index contributed by atoms with van der Waals surface area (Å²) in [7, 11) is 0. The maximum atomic E-state index is 9.79. The molecular formula is C10H14O. The van der Waals surface area contributed by atoms with Crippen LogP contribution in [0.1, 0.15) is 38.5 Å². The predicted molar refractivity (Wildman–Crippen MR) is 46.8 cm³/mol. The van der Waals surface area contributed by atoms with Gasteiger partial charge in [0.25, 0.3) is 0 Å². The molecule has 60 valence electrons. The van der Waals surface area contributed by atoms with Crippen molar-refractivity contribution in [2.45, 2.75) is 26.0 Å². The van der Waals surface area contributed by atoms with Crippen LogP contribution in [0.4, 0.5) is 0 Å². The highest BCUT2D eigenvalue weighted by Crippen LogP contribution is 2.29. The van der Waals surface area contributed by atoms with Crippen LogP contribution in [0.5, 0.6) is 5.75 Å². The Bertz CT molecular complexity index is 447. The van der Waals surface area contributed by atoms with Gasteiger partial charge in [-0.1, -0.05) is 38.8 Å². The summed E-state index contributed by atoms with van der Waals surface area (Å²) in [5.74, 6) is -0.670. The standard InChI is InChI=1S/C10H14O/c1-10(2,3)8-6-4-5-7-9(8)11/h4-7,11H,1-3H3/i1D3,2D3,3D3. The molecule has 0 aromatic heterocycles. The molecule has 0 heterocycles. The van der Waals surface area contributed by atoms with Crippen molar-refractivity contribution in [2.24, 2.45) is 0 Å². The van der Waals surface area contributed by atoms with E-state index in [-0.39, 0.29) is 0 Å². The Morgan fingerprint density at radius 2 is 1.91 bits per heavy atom. The molecule has 0 radical (unpaired) electrons. The number of phenolic OH excluding ortho intramolecular Hbond substituents is 1. The van der Waals surface area contributed by atoms with Gasteiger partial charge in [-0.05, 0) is 17.0 Å². The summed E-state index contributed by atoms with van der Waals surface area (Å²) >= 11 is 0. The Kier molecular flexibility index (Phi) is 0.527. The first kappa shape index (κ1) is 2.25. The van der Waals surface area contributed by atoms with Gasteiger partial charge in [-0.25, -0.2) is 0 Å². The fourth-order valence-electron chi connectivity index (χ4n) is 0.791. The maximum Gasteiger partial charge on any atom is 0.119 e. The van der Waals surface area contributed by atoms with Gasteiger partial charge in [0.1, 0.15) is 5.75 Å². The van der Waals surface area contributed by atoms with Crippen LogP contribution in [0, 0.1) is 0 Å². The lowest BCUT2D eigenvalue weighted by molar-refractivity contribution is 0.447. The number of hydrogen-bond donors (Lipinski definition) is 1. The number of para-hydroxylation sites is 1. The third-order valence-corrected chi connectivity index (χ3v) is 1.31. The smallest absolute Gasteiger partial charge is 0.119 e. The van der Waals surface area contributed by atoms with Gasteiger partial charge in [-0.15, -0.1) is 0 Å². The van der Waals surface area contributed by atoms with E-state index in [1.165, 1.54) is 12.1 Å². The van der Waals surface area contributed by atoms with E-state index in [9.17, 15) is 5.11 Å². The molecular weight excluding hydrogens is 136 g/mol. The number of phenols is 1. The monoisotopic (exact) mass is 159 g/mol. The molecule has 0 aliphatic carbocycles. The van der Waals surface area contributed by atoms with Crippen molar-refractivity contribution in [1.82, 2.24) is 0 Å². The van der Waals surface area contributed by atoms with Gasteiger partial charge in [-0.2, -0.15) is 0 Å². The van der Waals surface area contributed by atoms with Gasteiger partial charge < -0.3 is 5.11 Å². The molecule has 0 atom stereocenters. The third-order valence-electron chi connectivity index (χ3n) is 1.31.